The summed E-state index contributed by atoms with van der Waals surface area (Å²) >= 11 is 0. The second-order valence-electron chi connectivity index (χ2n) is 4.91. The van der Waals surface area contributed by atoms with Crippen LogP contribution < -0.4 is 10.0 Å². The SMILES string of the molecule is O=S(=O)(NC1CCC(F)(F)CC1)C1CCNC1. The zero-order chi connectivity index (χ0) is 12.5. The molecule has 4 nitrogen and oxygen atoms in total. The number of nitrogens with one attached hydrogen (secondary N) is 2. The molecule has 2 fully saturated rings. The zero-order valence-electron chi connectivity index (χ0n) is 9.59. The van der Waals surface area contributed by atoms with Gasteiger partial charge < -0.3 is 5.32 Å². The summed E-state index contributed by atoms with van der Waals surface area (Å²) in [6.07, 6.45) is 0.614. The molecule has 0 bridgehead atoms. The molecule has 0 radical (unpaired) electrons. The van der Waals surface area contributed by atoms with Crippen molar-refractivity contribution in [2.75, 3.05) is 13.1 Å². The van der Waals surface area contributed by atoms with E-state index in [0.717, 1.165) is 0 Å². The Morgan fingerprint density at radius 3 is 2.35 bits per heavy atom. The van der Waals surface area contributed by atoms with E-state index in [9.17, 15) is 17.2 Å². The van der Waals surface area contributed by atoms with Gasteiger partial charge in [0.05, 0.1) is 5.25 Å². The fraction of sp³-hybridized carbons (Fsp3) is 1.00. The molecule has 0 aromatic heterocycles. The molecule has 100 valence electrons. The number of rotatable bonds is 3. The van der Waals surface area contributed by atoms with E-state index in [0.29, 0.717) is 19.5 Å². The summed E-state index contributed by atoms with van der Waals surface area (Å²) in [6, 6.07) is -0.319. The topological polar surface area (TPSA) is 58.2 Å². The minimum atomic E-state index is -3.35. The van der Waals surface area contributed by atoms with Crippen LogP contribution in [0, 0.1) is 0 Å². The quantitative estimate of drug-likeness (QED) is 0.797. The minimum absolute atomic E-state index is 0.219. The van der Waals surface area contributed by atoms with Crippen molar-refractivity contribution in [3.63, 3.8) is 0 Å². The Kier molecular flexibility index (Phi) is 3.70. The number of halogens is 2. The van der Waals surface area contributed by atoms with Gasteiger partial charge in [0.2, 0.25) is 15.9 Å². The highest BCUT2D eigenvalue weighted by Crippen LogP contribution is 2.33. The second kappa shape index (κ2) is 4.78. The summed E-state index contributed by atoms with van der Waals surface area (Å²) in [5, 5.41) is 2.58. The van der Waals surface area contributed by atoms with Crippen molar-refractivity contribution in [2.45, 2.75) is 49.3 Å². The molecular formula is C10H18F2N2O2S. The zero-order valence-corrected chi connectivity index (χ0v) is 10.4. The van der Waals surface area contributed by atoms with Crippen molar-refractivity contribution in [1.82, 2.24) is 10.0 Å². The van der Waals surface area contributed by atoms with Crippen molar-refractivity contribution < 1.29 is 17.2 Å². The van der Waals surface area contributed by atoms with Crippen molar-refractivity contribution in [2.24, 2.45) is 0 Å². The van der Waals surface area contributed by atoms with Crippen molar-refractivity contribution in [3.05, 3.63) is 0 Å². The van der Waals surface area contributed by atoms with E-state index in [1.54, 1.807) is 0 Å². The predicted molar refractivity (Wildman–Crippen MR) is 60.5 cm³/mol. The van der Waals surface area contributed by atoms with E-state index in [2.05, 4.69) is 10.0 Å². The number of sulfonamides is 1. The van der Waals surface area contributed by atoms with E-state index in [1.165, 1.54) is 0 Å². The molecule has 1 aliphatic heterocycles. The van der Waals surface area contributed by atoms with E-state index in [-0.39, 0.29) is 31.7 Å². The molecule has 0 spiro atoms. The van der Waals surface area contributed by atoms with Crippen LogP contribution in [0.1, 0.15) is 32.1 Å². The summed E-state index contributed by atoms with van der Waals surface area (Å²) in [5.74, 6) is -2.61. The largest absolute Gasteiger partial charge is 0.315 e. The lowest BCUT2D eigenvalue weighted by atomic mass is 9.93. The van der Waals surface area contributed by atoms with Crippen LogP contribution in [-0.2, 0) is 10.0 Å². The van der Waals surface area contributed by atoms with Gasteiger partial charge >= 0.3 is 0 Å². The first kappa shape index (κ1) is 13.2. The Hall–Kier alpha value is -0.270. The number of alkyl halides is 2. The predicted octanol–water partition coefficient (Wildman–Crippen LogP) is 0.846. The van der Waals surface area contributed by atoms with Crippen LogP contribution in [0.25, 0.3) is 0 Å². The molecule has 0 amide bonds. The van der Waals surface area contributed by atoms with Crippen molar-refractivity contribution >= 4 is 10.0 Å². The maximum atomic E-state index is 12.9. The molecule has 2 rings (SSSR count). The second-order valence-corrected chi connectivity index (χ2v) is 6.90. The van der Waals surface area contributed by atoms with Gasteiger partial charge in [-0.15, -0.1) is 0 Å². The first-order valence-electron chi connectivity index (χ1n) is 5.99. The van der Waals surface area contributed by atoms with Gasteiger partial charge in [-0.25, -0.2) is 21.9 Å². The lowest BCUT2D eigenvalue weighted by Gasteiger charge is -2.29. The van der Waals surface area contributed by atoms with Crippen molar-refractivity contribution in [1.29, 1.82) is 0 Å². The van der Waals surface area contributed by atoms with Gasteiger partial charge in [-0.1, -0.05) is 0 Å². The maximum Gasteiger partial charge on any atom is 0.248 e. The molecule has 2 N–H and O–H groups in total. The maximum absolute atomic E-state index is 12.9. The van der Waals surface area contributed by atoms with Crippen LogP contribution in [-0.4, -0.2) is 38.7 Å². The molecular weight excluding hydrogens is 250 g/mol. The molecule has 1 aliphatic carbocycles. The first-order chi connectivity index (χ1) is 7.89. The Balaban J connectivity index is 1.89. The standard InChI is InChI=1S/C10H18F2N2O2S/c11-10(12)4-1-8(2-5-10)14-17(15,16)9-3-6-13-7-9/h8-9,13-14H,1-7H2. The average Bonchev–Trinajstić information content (AvgIpc) is 2.75. The molecule has 1 saturated carbocycles. The normalized spacial score (nSPS) is 30.6. The molecule has 1 saturated heterocycles. The van der Waals surface area contributed by atoms with E-state index in [4.69, 9.17) is 0 Å². The lowest BCUT2D eigenvalue weighted by Crippen LogP contribution is -2.44. The third kappa shape index (κ3) is 3.35. The number of hydrogen-bond acceptors (Lipinski definition) is 3. The summed E-state index contributed by atoms with van der Waals surface area (Å²) < 4.78 is 52.3. The first-order valence-corrected chi connectivity index (χ1v) is 7.53. The van der Waals surface area contributed by atoms with Crippen LogP contribution in [0.2, 0.25) is 0 Å². The monoisotopic (exact) mass is 268 g/mol. The lowest BCUT2D eigenvalue weighted by molar-refractivity contribution is -0.0387. The third-order valence-corrected chi connectivity index (χ3v) is 5.44. The van der Waals surface area contributed by atoms with Crippen LogP contribution in [0.3, 0.4) is 0 Å². The third-order valence-electron chi connectivity index (χ3n) is 3.50. The van der Waals surface area contributed by atoms with Gasteiger partial charge in [-0.05, 0) is 25.8 Å². The van der Waals surface area contributed by atoms with Gasteiger partial charge in [0.1, 0.15) is 0 Å². The highest BCUT2D eigenvalue weighted by molar-refractivity contribution is 7.90. The van der Waals surface area contributed by atoms with Gasteiger partial charge in [0.25, 0.3) is 0 Å². The van der Waals surface area contributed by atoms with E-state index in [1.807, 2.05) is 0 Å². The summed E-state index contributed by atoms with van der Waals surface area (Å²) in [7, 11) is -3.35. The Morgan fingerprint density at radius 2 is 1.82 bits per heavy atom. The minimum Gasteiger partial charge on any atom is -0.315 e. The van der Waals surface area contributed by atoms with Crippen LogP contribution >= 0.6 is 0 Å². The summed E-state index contributed by atoms with van der Waals surface area (Å²) in [5.41, 5.74) is 0. The molecule has 2 aliphatic rings. The Bertz CT molecular complexity index is 357. The fourth-order valence-corrected chi connectivity index (χ4v) is 4.04. The fourth-order valence-electron chi connectivity index (χ4n) is 2.38. The summed E-state index contributed by atoms with van der Waals surface area (Å²) in [4.78, 5) is 0. The smallest absolute Gasteiger partial charge is 0.248 e. The van der Waals surface area contributed by atoms with Crippen LogP contribution in [0.4, 0.5) is 8.78 Å². The highest BCUT2D eigenvalue weighted by atomic mass is 32.2. The van der Waals surface area contributed by atoms with Gasteiger partial charge in [0, 0.05) is 25.4 Å². The van der Waals surface area contributed by atoms with Crippen molar-refractivity contribution in [3.8, 4) is 0 Å². The van der Waals surface area contributed by atoms with Gasteiger partial charge in [-0.2, -0.15) is 0 Å². The Labute approximate surface area is 100 Å². The van der Waals surface area contributed by atoms with E-state index < -0.39 is 21.2 Å². The summed E-state index contributed by atoms with van der Waals surface area (Å²) in [6.45, 7) is 1.16. The Morgan fingerprint density at radius 1 is 1.18 bits per heavy atom. The molecule has 7 heteroatoms. The molecule has 1 unspecified atom stereocenters. The molecule has 17 heavy (non-hydrogen) atoms. The van der Waals surface area contributed by atoms with Crippen LogP contribution in [0.5, 0.6) is 0 Å². The number of hydrogen-bond donors (Lipinski definition) is 2. The molecule has 0 aromatic rings. The molecule has 1 atom stereocenters. The van der Waals surface area contributed by atoms with Gasteiger partial charge in [-0.3, -0.25) is 0 Å². The van der Waals surface area contributed by atoms with E-state index >= 15 is 0 Å². The highest BCUT2D eigenvalue weighted by Gasteiger charge is 2.37. The average molecular weight is 268 g/mol. The van der Waals surface area contributed by atoms with Gasteiger partial charge in [0.15, 0.2) is 0 Å². The van der Waals surface area contributed by atoms with Crippen LogP contribution in [0.15, 0.2) is 0 Å². The molecule has 1 heterocycles. The molecule has 0 aromatic carbocycles.